The Morgan fingerprint density at radius 2 is 1.97 bits per heavy atom. The lowest BCUT2D eigenvalue weighted by atomic mass is 9.80. The van der Waals surface area contributed by atoms with E-state index in [1.165, 1.54) is 25.3 Å². The number of esters is 1. The van der Waals surface area contributed by atoms with Gasteiger partial charge in [0.2, 0.25) is 0 Å². The van der Waals surface area contributed by atoms with Crippen LogP contribution in [0.4, 0.5) is 4.39 Å². The van der Waals surface area contributed by atoms with Gasteiger partial charge in [0.1, 0.15) is 5.82 Å². The van der Waals surface area contributed by atoms with Crippen LogP contribution < -0.4 is 5.32 Å². The van der Waals surface area contributed by atoms with Crippen LogP contribution in [0.1, 0.15) is 30.4 Å². The van der Waals surface area contributed by atoms with Crippen molar-refractivity contribution in [2.45, 2.75) is 25.7 Å². The van der Waals surface area contributed by atoms with Gasteiger partial charge in [0, 0.05) is 16.4 Å². The molecule has 6 heteroatoms. The number of methoxy groups -OCH3 is 1. The fourth-order valence-electron chi connectivity index (χ4n) is 3.57. The van der Waals surface area contributed by atoms with Crippen molar-refractivity contribution in [1.82, 2.24) is 5.32 Å². The molecule has 4 nitrogen and oxygen atoms in total. The third-order valence-electron chi connectivity index (χ3n) is 4.95. The molecule has 0 radical (unpaired) electrons. The molecule has 2 aromatic carbocycles. The molecular weight excluding hydrogens is 391 g/mol. The van der Waals surface area contributed by atoms with Crippen molar-refractivity contribution in [3.63, 3.8) is 0 Å². The minimum atomic E-state index is -0.729. The summed E-state index contributed by atoms with van der Waals surface area (Å²) in [5.41, 5.74) is 3.59. The molecule has 0 aliphatic carbocycles. The van der Waals surface area contributed by atoms with Gasteiger partial charge in [-0.15, -0.1) is 0 Å². The Hall–Kier alpha value is -3.10. The van der Waals surface area contributed by atoms with Crippen molar-refractivity contribution >= 4 is 17.6 Å². The quantitative estimate of drug-likeness (QED) is 0.703. The number of ether oxygens (including phenoxy) is 1. The average Bonchev–Trinajstić information content (AvgIpc) is 2.72. The summed E-state index contributed by atoms with van der Waals surface area (Å²) >= 11 is 6.30. The Kier molecular flexibility index (Phi) is 6.36. The van der Waals surface area contributed by atoms with Gasteiger partial charge in [0.25, 0.3) is 0 Å². The van der Waals surface area contributed by atoms with Gasteiger partial charge < -0.3 is 10.1 Å². The number of rotatable bonds is 5. The van der Waals surface area contributed by atoms with Gasteiger partial charge in [-0.05, 0) is 43.0 Å². The fraction of sp³-hybridized carbons (Fsp3) is 0.217. The molecule has 0 aromatic heterocycles. The van der Waals surface area contributed by atoms with Crippen LogP contribution in [0.15, 0.2) is 71.1 Å². The molecule has 0 fully saturated rings. The first kappa shape index (κ1) is 20.6. The number of halogens is 2. The molecule has 0 spiro atoms. The number of aryl methyl sites for hydroxylation is 1. The first-order valence-electron chi connectivity index (χ1n) is 9.14. The normalized spacial score (nSPS) is 16.3. The Labute approximate surface area is 174 Å². The minimum absolute atomic E-state index is 0.154. The lowest BCUT2D eigenvalue weighted by molar-refractivity contribution is -0.136. The lowest BCUT2D eigenvalue weighted by Crippen LogP contribution is -2.29. The Bertz CT molecular complexity index is 1040. The molecule has 0 saturated heterocycles. The molecule has 148 valence electrons. The molecule has 3 rings (SSSR count). The first-order chi connectivity index (χ1) is 14.0. The average molecular weight is 411 g/mol. The largest absolute Gasteiger partial charge is 0.466 e. The highest BCUT2D eigenvalue weighted by Crippen LogP contribution is 2.41. The maximum absolute atomic E-state index is 13.6. The zero-order valence-corrected chi connectivity index (χ0v) is 16.9. The minimum Gasteiger partial charge on any atom is -0.466 e. The summed E-state index contributed by atoms with van der Waals surface area (Å²) < 4.78 is 18.5. The van der Waals surface area contributed by atoms with E-state index >= 15 is 0 Å². The smallest absolute Gasteiger partial charge is 0.336 e. The summed E-state index contributed by atoms with van der Waals surface area (Å²) in [5.74, 6) is -1.78. The second-order valence-corrected chi connectivity index (χ2v) is 7.15. The maximum atomic E-state index is 13.6. The molecule has 2 aromatic rings. The number of benzene rings is 2. The predicted molar refractivity (Wildman–Crippen MR) is 109 cm³/mol. The molecule has 0 saturated carbocycles. The van der Waals surface area contributed by atoms with Crippen molar-refractivity contribution in [3.8, 4) is 6.07 Å². The van der Waals surface area contributed by atoms with Crippen molar-refractivity contribution in [3.05, 3.63) is 93.0 Å². The summed E-state index contributed by atoms with van der Waals surface area (Å²) in [6.07, 6.45) is 1.30. The van der Waals surface area contributed by atoms with Crippen LogP contribution in [0.3, 0.4) is 0 Å². The van der Waals surface area contributed by atoms with Gasteiger partial charge >= 0.3 is 5.97 Å². The van der Waals surface area contributed by atoms with E-state index in [9.17, 15) is 14.4 Å². The van der Waals surface area contributed by atoms with E-state index in [4.69, 9.17) is 16.3 Å². The number of carbonyl (C=O) groups excluding carboxylic acids is 1. The van der Waals surface area contributed by atoms with Crippen molar-refractivity contribution in [2.75, 3.05) is 7.11 Å². The molecular formula is C23H20ClFN2O2. The highest BCUT2D eigenvalue weighted by Gasteiger charge is 2.36. The molecule has 1 unspecified atom stereocenters. The number of dihydropyridines is 1. The molecule has 0 amide bonds. The van der Waals surface area contributed by atoms with Gasteiger partial charge in [0.05, 0.1) is 30.2 Å². The summed E-state index contributed by atoms with van der Waals surface area (Å²) in [4.78, 5) is 12.5. The zero-order chi connectivity index (χ0) is 21.0. The number of nitriles is 1. The molecule has 0 bridgehead atoms. The van der Waals surface area contributed by atoms with E-state index in [-0.39, 0.29) is 5.02 Å². The van der Waals surface area contributed by atoms with Crippen LogP contribution in [0.5, 0.6) is 0 Å². The fourth-order valence-corrected chi connectivity index (χ4v) is 3.84. The molecule has 29 heavy (non-hydrogen) atoms. The van der Waals surface area contributed by atoms with Gasteiger partial charge in [-0.2, -0.15) is 5.26 Å². The van der Waals surface area contributed by atoms with E-state index < -0.39 is 17.7 Å². The van der Waals surface area contributed by atoms with Crippen LogP contribution in [-0.4, -0.2) is 13.1 Å². The third kappa shape index (κ3) is 4.33. The summed E-state index contributed by atoms with van der Waals surface area (Å²) in [7, 11) is 1.28. The van der Waals surface area contributed by atoms with Crippen LogP contribution in [0.2, 0.25) is 5.02 Å². The van der Waals surface area contributed by atoms with Gasteiger partial charge in [-0.25, -0.2) is 9.18 Å². The number of nitrogens with zero attached hydrogens (tertiary/aromatic N) is 1. The summed E-state index contributed by atoms with van der Waals surface area (Å²) in [5, 5.41) is 13.3. The number of hydrogen-bond acceptors (Lipinski definition) is 4. The molecule has 1 heterocycles. The van der Waals surface area contributed by atoms with E-state index in [1.807, 2.05) is 30.3 Å². The Morgan fingerprint density at radius 1 is 1.24 bits per heavy atom. The highest BCUT2D eigenvalue weighted by molar-refractivity contribution is 6.31. The summed E-state index contributed by atoms with van der Waals surface area (Å²) in [6, 6.07) is 16.1. The second kappa shape index (κ2) is 8.93. The van der Waals surface area contributed by atoms with Crippen molar-refractivity contribution < 1.29 is 13.9 Å². The molecule has 1 N–H and O–H groups in total. The highest BCUT2D eigenvalue weighted by atomic mass is 35.5. The number of carbonyl (C=O) groups is 1. The third-order valence-corrected chi connectivity index (χ3v) is 5.28. The van der Waals surface area contributed by atoms with Gasteiger partial charge in [-0.1, -0.05) is 48.0 Å². The van der Waals surface area contributed by atoms with Crippen LogP contribution in [0.25, 0.3) is 0 Å². The SMILES string of the molecule is COC(=O)C1=C(C)NC(CCc2ccccc2)=C(C#N)C1c1ccc(F)cc1Cl. The lowest BCUT2D eigenvalue weighted by Gasteiger charge is -2.30. The maximum Gasteiger partial charge on any atom is 0.336 e. The van der Waals surface area contributed by atoms with Crippen LogP contribution in [0, 0.1) is 17.1 Å². The first-order valence-corrected chi connectivity index (χ1v) is 9.52. The number of nitrogens with one attached hydrogen (secondary N) is 1. The van der Waals surface area contributed by atoms with Gasteiger partial charge in [0.15, 0.2) is 0 Å². The Morgan fingerprint density at radius 3 is 2.59 bits per heavy atom. The molecule has 1 aliphatic heterocycles. The van der Waals surface area contributed by atoms with E-state index in [0.717, 1.165) is 12.0 Å². The summed E-state index contributed by atoms with van der Waals surface area (Å²) in [6.45, 7) is 1.76. The van der Waals surface area contributed by atoms with Gasteiger partial charge in [-0.3, -0.25) is 0 Å². The Balaban J connectivity index is 2.08. The van der Waals surface area contributed by atoms with Crippen LogP contribution >= 0.6 is 11.6 Å². The van der Waals surface area contributed by atoms with E-state index in [0.29, 0.717) is 34.5 Å². The van der Waals surface area contributed by atoms with Crippen molar-refractivity contribution in [2.24, 2.45) is 0 Å². The predicted octanol–water partition coefficient (Wildman–Crippen LogP) is 5.02. The molecule has 1 atom stereocenters. The molecule has 1 aliphatic rings. The number of allylic oxidation sites excluding steroid dienone is 3. The van der Waals surface area contributed by atoms with E-state index in [2.05, 4.69) is 11.4 Å². The number of hydrogen-bond donors (Lipinski definition) is 1. The van der Waals surface area contributed by atoms with E-state index in [1.54, 1.807) is 6.92 Å². The standard InChI is InChI=1S/C23H20ClFN2O2/c1-14-21(23(28)29-2)22(17-10-9-16(25)12-19(17)24)18(13-26)20(27-14)11-8-15-6-4-3-5-7-15/h3-7,9-10,12,22,27H,8,11H2,1-2H3. The van der Waals surface area contributed by atoms with Crippen LogP contribution in [-0.2, 0) is 16.0 Å². The van der Waals surface area contributed by atoms with Crippen molar-refractivity contribution in [1.29, 1.82) is 5.26 Å². The second-order valence-electron chi connectivity index (χ2n) is 6.74. The monoisotopic (exact) mass is 410 g/mol. The topological polar surface area (TPSA) is 62.1 Å². The zero-order valence-electron chi connectivity index (χ0n) is 16.1.